The van der Waals surface area contributed by atoms with E-state index in [4.69, 9.17) is 4.74 Å². The van der Waals surface area contributed by atoms with Gasteiger partial charge in [-0.25, -0.2) is 0 Å². The number of allylic oxidation sites excluding steroid dienone is 2. The average Bonchev–Trinajstić information content (AvgIpc) is 2.63. The molecule has 0 aliphatic heterocycles. The van der Waals surface area contributed by atoms with Crippen molar-refractivity contribution in [2.75, 3.05) is 0 Å². The van der Waals surface area contributed by atoms with Gasteiger partial charge in [-0.05, 0) is 94.5 Å². The van der Waals surface area contributed by atoms with Crippen molar-refractivity contribution in [1.82, 2.24) is 0 Å². The Balaban J connectivity index is 1.45. The third-order valence-corrected chi connectivity index (χ3v) is 7.04. The van der Waals surface area contributed by atoms with Crippen LogP contribution in [0.1, 0.15) is 97.3 Å². The molecule has 3 saturated carbocycles. The Hall–Kier alpha value is -0.790. The van der Waals surface area contributed by atoms with Crippen molar-refractivity contribution < 1.29 is 9.53 Å². The SMILES string of the molecule is CC(OC(=O)C1CCC(C2CCC(C)CC2)CC1)=C1CCCCC1. The molecule has 0 amide bonds. The lowest BCUT2D eigenvalue weighted by Crippen LogP contribution is -2.28. The van der Waals surface area contributed by atoms with E-state index in [0.29, 0.717) is 0 Å². The first-order valence-corrected chi connectivity index (χ1v) is 10.5. The third-order valence-electron chi connectivity index (χ3n) is 7.04. The fraction of sp³-hybridized carbons (Fsp3) is 0.864. The highest BCUT2D eigenvalue weighted by molar-refractivity contribution is 5.73. The Morgan fingerprint density at radius 3 is 1.96 bits per heavy atom. The van der Waals surface area contributed by atoms with Crippen LogP contribution in [0.4, 0.5) is 0 Å². The first-order chi connectivity index (χ1) is 11.6. The van der Waals surface area contributed by atoms with Crippen LogP contribution in [0.2, 0.25) is 0 Å². The Labute approximate surface area is 148 Å². The summed E-state index contributed by atoms with van der Waals surface area (Å²) in [5.74, 6) is 3.87. The summed E-state index contributed by atoms with van der Waals surface area (Å²) in [7, 11) is 0. The van der Waals surface area contributed by atoms with Gasteiger partial charge in [0.15, 0.2) is 0 Å². The highest BCUT2D eigenvalue weighted by atomic mass is 16.5. The highest BCUT2D eigenvalue weighted by Gasteiger charge is 2.33. The summed E-state index contributed by atoms with van der Waals surface area (Å²) in [4.78, 5) is 12.5. The van der Waals surface area contributed by atoms with Crippen LogP contribution in [-0.4, -0.2) is 5.97 Å². The quantitative estimate of drug-likeness (QED) is 0.441. The molecule has 3 fully saturated rings. The number of carbonyl (C=O) groups excluding carboxylic acids is 1. The Morgan fingerprint density at radius 2 is 1.38 bits per heavy atom. The standard InChI is InChI=1S/C22H36O2/c1-16-8-10-19(11-9-16)20-12-14-21(15-13-20)22(23)24-17(2)18-6-4-3-5-7-18/h16,19-21H,3-15H2,1-2H3. The molecule has 0 aromatic rings. The van der Waals surface area contributed by atoms with E-state index in [-0.39, 0.29) is 11.9 Å². The molecule has 136 valence electrons. The van der Waals surface area contributed by atoms with Gasteiger partial charge in [0.05, 0.1) is 5.92 Å². The predicted molar refractivity (Wildman–Crippen MR) is 98.4 cm³/mol. The highest BCUT2D eigenvalue weighted by Crippen LogP contribution is 2.41. The second-order valence-electron chi connectivity index (χ2n) is 8.77. The number of ether oxygens (including phenoxy) is 1. The lowest BCUT2D eigenvalue weighted by molar-refractivity contribution is -0.145. The molecule has 0 radical (unpaired) electrons. The molecule has 2 heteroatoms. The van der Waals surface area contributed by atoms with Gasteiger partial charge in [-0.1, -0.05) is 26.2 Å². The summed E-state index contributed by atoms with van der Waals surface area (Å²) in [6.45, 7) is 4.40. The van der Waals surface area contributed by atoms with Crippen molar-refractivity contribution in [1.29, 1.82) is 0 Å². The maximum absolute atomic E-state index is 12.5. The van der Waals surface area contributed by atoms with Crippen molar-refractivity contribution in [3.05, 3.63) is 11.3 Å². The molecule has 0 spiro atoms. The molecule has 0 atom stereocenters. The van der Waals surface area contributed by atoms with Gasteiger partial charge in [-0.15, -0.1) is 0 Å². The van der Waals surface area contributed by atoms with Crippen LogP contribution in [0.25, 0.3) is 0 Å². The van der Waals surface area contributed by atoms with Gasteiger partial charge in [0.2, 0.25) is 0 Å². The van der Waals surface area contributed by atoms with Gasteiger partial charge < -0.3 is 4.74 Å². The minimum atomic E-state index is 0.0567. The van der Waals surface area contributed by atoms with Crippen molar-refractivity contribution in [2.24, 2.45) is 23.7 Å². The van der Waals surface area contributed by atoms with E-state index in [1.54, 1.807) is 0 Å². The molecule has 2 nitrogen and oxygen atoms in total. The summed E-state index contributed by atoms with van der Waals surface area (Å²) in [5, 5.41) is 0. The van der Waals surface area contributed by atoms with E-state index in [0.717, 1.165) is 49.2 Å². The van der Waals surface area contributed by atoms with E-state index in [1.165, 1.54) is 63.4 Å². The molecule has 3 aliphatic carbocycles. The number of carbonyl (C=O) groups is 1. The largest absolute Gasteiger partial charge is 0.431 e. The van der Waals surface area contributed by atoms with Crippen molar-refractivity contribution in [2.45, 2.75) is 97.3 Å². The fourth-order valence-electron chi connectivity index (χ4n) is 5.22. The first kappa shape index (κ1) is 18.0. The summed E-state index contributed by atoms with van der Waals surface area (Å²) in [6.07, 6.45) is 16.4. The van der Waals surface area contributed by atoms with E-state index in [2.05, 4.69) is 6.92 Å². The van der Waals surface area contributed by atoms with Gasteiger partial charge in [0.1, 0.15) is 5.76 Å². The summed E-state index contributed by atoms with van der Waals surface area (Å²) >= 11 is 0. The van der Waals surface area contributed by atoms with E-state index >= 15 is 0 Å². The molecule has 3 aliphatic rings. The molecular weight excluding hydrogens is 296 g/mol. The number of hydrogen-bond acceptors (Lipinski definition) is 2. The zero-order valence-electron chi connectivity index (χ0n) is 15.8. The fourth-order valence-corrected chi connectivity index (χ4v) is 5.22. The Morgan fingerprint density at radius 1 is 0.833 bits per heavy atom. The summed E-state index contributed by atoms with van der Waals surface area (Å²) in [6, 6.07) is 0. The van der Waals surface area contributed by atoms with Gasteiger partial charge in [-0.3, -0.25) is 4.79 Å². The van der Waals surface area contributed by atoms with Crippen molar-refractivity contribution >= 4 is 5.97 Å². The number of esters is 1. The average molecular weight is 333 g/mol. The van der Waals surface area contributed by atoms with Crippen LogP contribution < -0.4 is 0 Å². The first-order valence-electron chi connectivity index (χ1n) is 10.5. The Bertz CT molecular complexity index is 441. The zero-order valence-corrected chi connectivity index (χ0v) is 15.8. The van der Waals surface area contributed by atoms with Crippen molar-refractivity contribution in [3.63, 3.8) is 0 Å². The minimum absolute atomic E-state index is 0.0567. The van der Waals surface area contributed by atoms with Crippen molar-refractivity contribution in [3.8, 4) is 0 Å². The van der Waals surface area contributed by atoms with Crippen LogP contribution >= 0.6 is 0 Å². The van der Waals surface area contributed by atoms with Crippen LogP contribution in [0.15, 0.2) is 11.3 Å². The van der Waals surface area contributed by atoms with E-state index < -0.39 is 0 Å². The number of rotatable bonds is 3. The monoisotopic (exact) mass is 332 g/mol. The smallest absolute Gasteiger partial charge is 0.313 e. The lowest BCUT2D eigenvalue weighted by Gasteiger charge is -2.36. The molecule has 3 rings (SSSR count). The molecular formula is C22H36O2. The molecule has 0 N–H and O–H groups in total. The molecule has 0 unspecified atom stereocenters. The maximum Gasteiger partial charge on any atom is 0.313 e. The Kier molecular flexibility index (Phi) is 6.41. The second-order valence-corrected chi connectivity index (χ2v) is 8.77. The molecule has 0 saturated heterocycles. The molecule has 0 bridgehead atoms. The number of hydrogen-bond donors (Lipinski definition) is 0. The van der Waals surface area contributed by atoms with Crippen LogP contribution in [0.3, 0.4) is 0 Å². The normalized spacial score (nSPS) is 34.7. The maximum atomic E-state index is 12.5. The second kappa shape index (κ2) is 8.54. The zero-order chi connectivity index (χ0) is 16.9. The molecule has 0 aromatic heterocycles. The lowest BCUT2D eigenvalue weighted by atomic mass is 9.69. The van der Waals surface area contributed by atoms with E-state index in [9.17, 15) is 4.79 Å². The van der Waals surface area contributed by atoms with Gasteiger partial charge in [0, 0.05) is 0 Å². The predicted octanol–water partition coefficient (Wildman–Crippen LogP) is 6.40. The van der Waals surface area contributed by atoms with Crippen LogP contribution in [-0.2, 0) is 9.53 Å². The topological polar surface area (TPSA) is 26.3 Å². The minimum Gasteiger partial charge on any atom is -0.431 e. The van der Waals surface area contributed by atoms with Crippen LogP contribution in [0, 0.1) is 23.7 Å². The van der Waals surface area contributed by atoms with Gasteiger partial charge in [0.25, 0.3) is 0 Å². The van der Waals surface area contributed by atoms with E-state index in [1.807, 2.05) is 6.92 Å². The molecule has 0 aromatic carbocycles. The van der Waals surface area contributed by atoms with Crippen LogP contribution in [0.5, 0.6) is 0 Å². The van der Waals surface area contributed by atoms with Gasteiger partial charge >= 0.3 is 5.97 Å². The summed E-state index contributed by atoms with van der Waals surface area (Å²) < 4.78 is 5.76. The molecule has 24 heavy (non-hydrogen) atoms. The van der Waals surface area contributed by atoms with Gasteiger partial charge in [-0.2, -0.15) is 0 Å². The molecule has 0 heterocycles. The third kappa shape index (κ3) is 4.64. The summed E-state index contributed by atoms with van der Waals surface area (Å²) in [5.41, 5.74) is 1.39.